The number of carbonyl (C=O) groups is 2. The van der Waals surface area contributed by atoms with Crippen LogP contribution in [-0.2, 0) is 4.79 Å². The molecule has 0 aliphatic carbocycles. The van der Waals surface area contributed by atoms with Gasteiger partial charge in [-0.1, -0.05) is 41.9 Å². The van der Waals surface area contributed by atoms with Crippen LogP contribution in [0.4, 0.5) is 0 Å². The zero-order valence-electron chi connectivity index (χ0n) is 13.0. The number of rotatable bonds is 5. The molecule has 126 valence electrons. The molecule has 2 amide bonds. The van der Waals surface area contributed by atoms with E-state index in [0.717, 1.165) is 11.1 Å². The van der Waals surface area contributed by atoms with Gasteiger partial charge >= 0.3 is 0 Å². The van der Waals surface area contributed by atoms with Crippen LogP contribution < -0.4 is 16.5 Å². The largest absolute Gasteiger partial charge is 0.339 e. The molecule has 0 bridgehead atoms. The Bertz CT molecular complexity index is 732. The monoisotopic (exact) mass is 347 g/mol. The number of hydrogen-bond donors (Lipinski definition) is 4. The number of nitrogens with one attached hydrogen (secondary N) is 2. The van der Waals surface area contributed by atoms with Crippen molar-refractivity contribution in [2.75, 3.05) is 0 Å². The number of hydroxylamine groups is 1. The van der Waals surface area contributed by atoms with Crippen LogP contribution in [0.3, 0.4) is 0 Å². The van der Waals surface area contributed by atoms with Crippen molar-refractivity contribution in [1.29, 1.82) is 0 Å². The van der Waals surface area contributed by atoms with Gasteiger partial charge in [-0.2, -0.15) is 0 Å². The van der Waals surface area contributed by atoms with Gasteiger partial charge in [0.25, 0.3) is 11.8 Å². The quantitative estimate of drug-likeness (QED) is 0.490. The van der Waals surface area contributed by atoms with Gasteiger partial charge in [-0.3, -0.25) is 14.8 Å². The lowest BCUT2D eigenvalue weighted by molar-refractivity contribution is -0.131. The second-order valence-corrected chi connectivity index (χ2v) is 5.75. The van der Waals surface area contributed by atoms with E-state index in [1.54, 1.807) is 37.3 Å². The lowest BCUT2D eigenvalue weighted by Gasteiger charge is -2.20. The van der Waals surface area contributed by atoms with E-state index in [1.807, 2.05) is 18.2 Å². The molecule has 6 nitrogen and oxygen atoms in total. The van der Waals surface area contributed by atoms with Crippen molar-refractivity contribution in [3.8, 4) is 11.1 Å². The first-order chi connectivity index (χ1) is 11.4. The molecule has 5 N–H and O–H groups in total. The summed E-state index contributed by atoms with van der Waals surface area (Å²) < 4.78 is 0. The fourth-order valence-electron chi connectivity index (χ4n) is 2.23. The predicted octanol–water partition coefficient (Wildman–Crippen LogP) is 1.96. The van der Waals surface area contributed by atoms with E-state index in [9.17, 15) is 9.59 Å². The van der Waals surface area contributed by atoms with E-state index in [1.165, 1.54) is 5.48 Å². The van der Waals surface area contributed by atoms with Gasteiger partial charge in [-0.25, -0.2) is 5.48 Å². The van der Waals surface area contributed by atoms with E-state index < -0.39 is 23.9 Å². The van der Waals surface area contributed by atoms with Crippen molar-refractivity contribution in [3.05, 3.63) is 59.1 Å². The van der Waals surface area contributed by atoms with E-state index >= 15 is 0 Å². The van der Waals surface area contributed by atoms with E-state index in [2.05, 4.69) is 5.32 Å². The van der Waals surface area contributed by atoms with Crippen molar-refractivity contribution >= 4 is 23.4 Å². The van der Waals surface area contributed by atoms with Gasteiger partial charge in [-0.15, -0.1) is 0 Å². The fraction of sp³-hybridized carbons (Fsp3) is 0.176. The summed E-state index contributed by atoms with van der Waals surface area (Å²) in [5.41, 5.74) is 9.24. The molecular formula is C17H18ClN3O3. The maximum atomic E-state index is 12.2. The Morgan fingerprint density at radius 3 is 2.29 bits per heavy atom. The average Bonchev–Trinajstić information content (AvgIpc) is 2.59. The third kappa shape index (κ3) is 4.11. The first kappa shape index (κ1) is 17.9. The molecule has 24 heavy (non-hydrogen) atoms. The first-order valence-electron chi connectivity index (χ1n) is 7.29. The summed E-state index contributed by atoms with van der Waals surface area (Å²) in [6.45, 7) is 1.56. The van der Waals surface area contributed by atoms with Crippen LogP contribution in [0.5, 0.6) is 0 Å². The van der Waals surface area contributed by atoms with Gasteiger partial charge < -0.3 is 11.1 Å². The molecule has 0 unspecified atom stereocenters. The smallest absolute Gasteiger partial charge is 0.267 e. The Labute approximate surface area is 144 Å². The summed E-state index contributed by atoms with van der Waals surface area (Å²) in [5.74, 6) is -1.24. The Morgan fingerprint density at radius 1 is 1.12 bits per heavy atom. The number of hydrogen-bond acceptors (Lipinski definition) is 4. The molecule has 0 aliphatic heterocycles. The summed E-state index contributed by atoms with van der Waals surface area (Å²) >= 11 is 6.15. The number of carbonyl (C=O) groups excluding carboxylic acids is 2. The molecule has 2 rings (SSSR count). The van der Waals surface area contributed by atoms with Crippen molar-refractivity contribution in [2.24, 2.45) is 5.73 Å². The zero-order valence-corrected chi connectivity index (χ0v) is 13.7. The summed E-state index contributed by atoms with van der Waals surface area (Å²) in [6.07, 6.45) is 0. The van der Waals surface area contributed by atoms with Gasteiger partial charge in [0.15, 0.2) is 0 Å². The van der Waals surface area contributed by atoms with Crippen LogP contribution in [-0.4, -0.2) is 29.1 Å². The zero-order chi connectivity index (χ0) is 17.7. The molecule has 0 saturated heterocycles. The first-order valence-corrected chi connectivity index (χ1v) is 7.67. The predicted molar refractivity (Wildman–Crippen MR) is 91.7 cm³/mol. The van der Waals surface area contributed by atoms with Crippen LogP contribution in [0.1, 0.15) is 17.3 Å². The third-order valence-corrected chi connectivity index (χ3v) is 3.87. The molecule has 0 spiro atoms. The van der Waals surface area contributed by atoms with E-state index in [4.69, 9.17) is 22.5 Å². The Balaban J connectivity index is 2.17. The van der Waals surface area contributed by atoms with Crippen LogP contribution in [0.2, 0.25) is 5.02 Å². The number of benzene rings is 2. The SMILES string of the molecule is C[C@@H](N)[C@H](NC(=O)c1ccc(-c2ccccc2Cl)cc1)C(=O)NO. The maximum absolute atomic E-state index is 12.2. The van der Waals surface area contributed by atoms with E-state index in [0.29, 0.717) is 10.6 Å². The summed E-state index contributed by atoms with van der Waals surface area (Å²) in [6, 6.07) is 12.5. The molecule has 0 heterocycles. The summed E-state index contributed by atoms with van der Waals surface area (Å²) in [4.78, 5) is 23.8. The number of halogens is 1. The van der Waals surface area contributed by atoms with E-state index in [-0.39, 0.29) is 0 Å². The van der Waals surface area contributed by atoms with Crippen molar-refractivity contribution in [1.82, 2.24) is 10.8 Å². The molecule has 0 radical (unpaired) electrons. The molecular weight excluding hydrogens is 330 g/mol. The second kappa shape index (κ2) is 7.92. The van der Waals surface area contributed by atoms with Gasteiger partial charge in [0.2, 0.25) is 0 Å². The van der Waals surface area contributed by atoms with Gasteiger partial charge in [-0.05, 0) is 30.7 Å². The second-order valence-electron chi connectivity index (χ2n) is 5.34. The summed E-state index contributed by atoms with van der Waals surface area (Å²) in [5, 5.41) is 11.8. The molecule has 2 atom stereocenters. The van der Waals surface area contributed by atoms with Gasteiger partial charge in [0.05, 0.1) is 0 Å². The molecule has 0 aliphatic rings. The van der Waals surface area contributed by atoms with Crippen LogP contribution in [0, 0.1) is 0 Å². The highest BCUT2D eigenvalue weighted by atomic mass is 35.5. The highest BCUT2D eigenvalue weighted by Gasteiger charge is 2.24. The highest BCUT2D eigenvalue weighted by Crippen LogP contribution is 2.27. The van der Waals surface area contributed by atoms with Crippen LogP contribution >= 0.6 is 11.6 Å². The number of amides is 2. The lowest BCUT2D eigenvalue weighted by atomic mass is 10.0. The molecule has 2 aromatic carbocycles. The Kier molecular flexibility index (Phi) is 5.92. The highest BCUT2D eigenvalue weighted by molar-refractivity contribution is 6.33. The Hall–Kier alpha value is -2.41. The van der Waals surface area contributed by atoms with Crippen molar-refractivity contribution in [2.45, 2.75) is 19.0 Å². The summed E-state index contributed by atoms with van der Waals surface area (Å²) in [7, 11) is 0. The maximum Gasteiger partial charge on any atom is 0.267 e. The van der Waals surface area contributed by atoms with Crippen LogP contribution in [0.15, 0.2) is 48.5 Å². The minimum absolute atomic E-state index is 0.363. The van der Waals surface area contributed by atoms with Gasteiger partial charge in [0.1, 0.15) is 6.04 Å². The van der Waals surface area contributed by atoms with Crippen LogP contribution in [0.25, 0.3) is 11.1 Å². The Morgan fingerprint density at radius 2 is 1.75 bits per heavy atom. The standard InChI is InChI=1S/C17H18ClN3O3/c1-10(19)15(17(23)21-24)20-16(22)12-8-6-11(7-9-12)13-4-2-3-5-14(13)18/h2-10,15,24H,19H2,1H3,(H,20,22)(H,21,23)/t10-,15+/m1/s1. The minimum Gasteiger partial charge on any atom is -0.339 e. The van der Waals surface area contributed by atoms with Gasteiger partial charge in [0, 0.05) is 22.2 Å². The number of nitrogens with two attached hydrogens (primary N) is 1. The normalized spacial score (nSPS) is 13.0. The third-order valence-electron chi connectivity index (χ3n) is 3.54. The molecule has 0 fully saturated rings. The molecule has 7 heteroatoms. The lowest BCUT2D eigenvalue weighted by Crippen LogP contribution is -2.54. The molecule has 0 saturated carbocycles. The minimum atomic E-state index is -1.04. The molecule has 2 aromatic rings. The van der Waals surface area contributed by atoms with Crippen molar-refractivity contribution in [3.63, 3.8) is 0 Å². The molecule has 0 aromatic heterocycles. The topological polar surface area (TPSA) is 104 Å². The van der Waals surface area contributed by atoms with Crippen molar-refractivity contribution < 1.29 is 14.8 Å². The average molecular weight is 348 g/mol. The fourth-order valence-corrected chi connectivity index (χ4v) is 2.47.